The van der Waals surface area contributed by atoms with Gasteiger partial charge in [-0.1, -0.05) is 16.8 Å². The standard InChI is InChI=1S/C21H22ClN7O3/c22-14-6-4-13(5-7-14)21-28-17(32-29-21)9-8-16(30)25-11-2-12-27-19(23)18-15(20(24)31)3-1-10-26-18/h1,3-7,10H,2,8-9,11-12H2,(H2,23,27)(H2,24,31)(H,25,30). The molecule has 3 rings (SSSR count). The number of primary amides is 1. The summed E-state index contributed by atoms with van der Waals surface area (Å²) >= 11 is 5.87. The zero-order chi connectivity index (χ0) is 22.9. The van der Waals surface area contributed by atoms with Gasteiger partial charge in [0.1, 0.15) is 11.5 Å². The van der Waals surface area contributed by atoms with E-state index < -0.39 is 5.91 Å². The highest BCUT2D eigenvalue weighted by molar-refractivity contribution is 6.30. The van der Waals surface area contributed by atoms with Crippen molar-refractivity contribution < 1.29 is 14.1 Å². The molecule has 0 bridgehead atoms. The Bertz CT molecular complexity index is 1110. The molecule has 1 aromatic carbocycles. The van der Waals surface area contributed by atoms with Gasteiger partial charge in [-0.3, -0.25) is 19.6 Å². The van der Waals surface area contributed by atoms with Gasteiger partial charge in [-0.25, -0.2) is 0 Å². The third-order valence-corrected chi connectivity index (χ3v) is 4.64. The van der Waals surface area contributed by atoms with Crippen LogP contribution in [0.5, 0.6) is 0 Å². The number of aryl methyl sites for hydroxylation is 1. The van der Waals surface area contributed by atoms with Gasteiger partial charge in [0, 0.05) is 42.7 Å². The molecular weight excluding hydrogens is 434 g/mol. The molecule has 0 atom stereocenters. The van der Waals surface area contributed by atoms with E-state index in [2.05, 4.69) is 25.4 Å². The number of aromatic nitrogens is 3. The van der Waals surface area contributed by atoms with Crippen LogP contribution in [0.2, 0.25) is 5.02 Å². The van der Waals surface area contributed by atoms with Crippen molar-refractivity contribution in [3.05, 3.63) is 64.8 Å². The van der Waals surface area contributed by atoms with Crippen LogP contribution in [0.4, 0.5) is 0 Å². The fraction of sp³-hybridized carbons (Fsp3) is 0.238. The van der Waals surface area contributed by atoms with Crippen molar-refractivity contribution >= 4 is 29.3 Å². The lowest BCUT2D eigenvalue weighted by atomic mass is 10.1. The Morgan fingerprint density at radius 3 is 2.69 bits per heavy atom. The maximum absolute atomic E-state index is 12.0. The molecule has 0 fully saturated rings. The van der Waals surface area contributed by atoms with E-state index >= 15 is 0 Å². The number of amidine groups is 1. The number of carbonyl (C=O) groups is 2. The highest BCUT2D eigenvalue weighted by Gasteiger charge is 2.12. The number of carbonyl (C=O) groups excluding carboxylic acids is 2. The van der Waals surface area contributed by atoms with Crippen molar-refractivity contribution in [2.45, 2.75) is 19.3 Å². The highest BCUT2D eigenvalue weighted by Crippen LogP contribution is 2.19. The molecule has 0 aliphatic rings. The second-order valence-corrected chi connectivity index (χ2v) is 7.19. The quantitative estimate of drug-likeness (QED) is 0.238. The van der Waals surface area contributed by atoms with Gasteiger partial charge in [0.25, 0.3) is 5.91 Å². The van der Waals surface area contributed by atoms with Gasteiger partial charge in [0.05, 0.1) is 5.56 Å². The first-order valence-electron chi connectivity index (χ1n) is 9.84. The summed E-state index contributed by atoms with van der Waals surface area (Å²) in [5.74, 6) is 0.176. The van der Waals surface area contributed by atoms with Crippen LogP contribution in [0.15, 0.2) is 52.1 Å². The van der Waals surface area contributed by atoms with Crippen LogP contribution in [0.25, 0.3) is 11.4 Å². The predicted molar refractivity (Wildman–Crippen MR) is 119 cm³/mol. The normalized spacial score (nSPS) is 11.3. The van der Waals surface area contributed by atoms with Crippen LogP contribution in [-0.4, -0.2) is 45.9 Å². The van der Waals surface area contributed by atoms with Crippen LogP contribution in [0, 0.1) is 0 Å². The number of nitrogens with zero attached hydrogens (tertiary/aromatic N) is 4. The van der Waals surface area contributed by atoms with E-state index in [1.54, 1.807) is 30.3 Å². The summed E-state index contributed by atoms with van der Waals surface area (Å²) in [7, 11) is 0. The molecule has 0 spiro atoms. The summed E-state index contributed by atoms with van der Waals surface area (Å²) in [5, 5.41) is 7.34. The van der Waals surface area contributed by atoms with Crippen LogP contribution in [0.1, 0.15) is 34.8 Å². The van der Waals surface area contributed by atoms with Gasteiger partial charge in [0.2, 0.25) is 17.6 Å². The van der Waals surface area contributed by atoms with Gasteiger partial charge < -0.3 is 21.3 Å². The third kappa shape index (κ3) is 6.35. The molecule has 0 unspecified atom stereocenters. The van der Waals surface area contributed by atoms with E-state index in [0.29, 0.717) is 42.7 Å². The lowest BCUT2D eigenvalue weighted by Crippen LogP contribution is -2.26. The van der Waals surface area contributed by atoms with Crippen LogP contribution in [0.3, 0.4) is 0 Å². The van der Waals surface area contributed by atoms with E-state index in [9.17, 15) is 9.59 Å². The van der Waals surface area contributed by atoms with E-state index in [-0.39, 0.29) is 29.4 Å². The number of rotatable bonds is 10. The van der Waals surface area contributed by atoms with E-state index in [1.165, 1.54) is 12.3 Å². The molecular formula is C21H22ClN7O3. The lowest BCUT2D eigenvalue weighted by molar-refractivity contribution is -0.121. The van der Waals surface area contributed by atoms with Crippen LogP contribution >= 0.6 is 11.6 Å². The molecule has 3 aromatic rings. The lowest BCUT2D eigenvalue weighted by Gasteiger charge is -2.05. The van der Waals surface area contributed by atoms with E-state index in [4.69, 9.17) is 27.6 Å². The maximum Gasteiger partial charge on any atom is 0.251 e. The number of nitrogens with two attached hydrogens (primary N) is 2. The number of halogens is 1. The topological polar surface area (TPSA) is 162 Å². The van der Waals surface area contributed by atoms with Crippen LogP contribution in [-0.2, 0) is 11.2 Å². The Balaban J connectivity index is 1.39. The largest absolute Gasteiger partial charge is 0.382 e. The van der Waals surface area contributed by atoms with Gasteiger partial charge in [-0.15, -0.1) is 0 Å². The van der Waals surface area contributed by atoms with Gasteiger partial charge >= 0.3 is 0 Å². The fourth-order valence-electron chi connectivity index (χ4n) is 2.77. The number of hydrogen-bond donors (Lipinski definition) is 3. The minimum atomic E-state index is -0.625. The number of hydrogen-bond acceptors (Lipinski definition) is 7. The molecule has 5 N–H and O–H groups in total. The summed E-state index contributed by atoms with van der Waals surface area (Å²) in [5.41, 5.74) is 12.5. The average molecular weight is 456 g/mol. The molecule has 11 heteroatoms. The Kier molecular flexibility index (Phi) is 7.87. The molecule has 2 aromatic heterocycles. The van der Waals surface area contributed by atoms with Crippen molar-refractivity contribution in [2.24, 2.45) is 16.5 Å². The first-order chi connectivity index (χ1) is 15.4. The average Bonchev–Trinajstić information content (AvgIpc) is 3.27. The Morgan fingerprint density at radius 2 is 1.94 bits per heavy atom. The molecule has 0 aliphatic heterocycles. The molecule has 0 radical (unpaired) electrons. The number of amides is 2. The van der Waals surface area contributed by atoms with Crippen LogP contribution < -0.4 is 16.8 Å². The molecule has 0 aliphatic carbocycles. The number of aliphatic imine (C=N–C) groups is 1. The Labute approximate surface area is 189 Å². The first-order valence-corrected chi connectivity index (χ1v) is 10.2. The van der Waals surface area contributed by atoms with Gasteiger partial charge in [-0.2, -0.15) is 4.98 Å². The number of nitrogens with one attached hydrogen (secondary N) is 1. The van der Waals surface area contributed by atoms with Crippen molar-refractivity contribution in [3.8, 4) is 11.4 Å². The Hall–Kier alpha value is -3.79. The summed E-state index contributed by atoms with van der Waals surface area (Å²) in [4.78, 5) is 36.0. The molecule has 2 amide bonds. The SMILES string of the molecule is NC(=O)c1cccnc1C(N)=NCCCNC(=O)CCc1nc(-c2ccc(Cl)cc2)no1. The highest BCUT2D eigenvalue weighted by atomic mass is 35.5. The maximum atomic E-state index is 12.0. The summed E-state index contributed by atoms with van der Waals surface area (Å²) in [6, 6.07) is 10.2. The second kappa shape index (κ2) is 11.0. The molecule has 2 heterocycles. The van der Waals surface area contributed by atoms with E-state index in [0.717, 1.165) is 5.56 Å². The van der Waals surface area contributed by atoms with Crippen molar-refractivity contribution in [1.29, 1.82) is 0 Å². The van der Waals surface area contributed by atoms with Crippen molar-refractivity contribution in [3.63, 3.8) is 0 Å². The second-order valence-electron chi connectivity index (χ2n) is 6.75. The summed E-state index contributed by atoms with van der Waals surface area (Å²) in [6.07, 6.45) is 2.61. The Morgan fingerprint density at radius 1 is 1.16 bits per heavy atom. The summed E-state index contributed by atoms with van der Waals surface area (Å²) in [6.45, 7) is 0.773. The molecule has 0 saturated carbocycles. The predicted octanol–water partition coefficient (Wildman–Crippen LogP) is 1.73. The smallest absolute Gasteiger partial charge is 0.251 e. The van der Waals surface area contributed by atoms with Gasteiger partial charge in [0.15, 0.2) is 0 Å². The molecule has 10 nitrogen and oxygen atoms in total. The minimum absolute atomic E-state index is 0.124. The third-order valence-electron chi connectivity index (χ3n) is 4.39. The van der Waals surface area contributed by atoms with Crippen molar-refractivity contribution in [2.75, 3.05) is 13.1 Å². The first kappa shape index (κ1) is 22.9. The number of pyridine rings is 1. The molecule has 32 heavy (non-hydrogen) atoms. The fourth-order valence-corrected chi connectivity index (χ4v) is 2.90. The number of benzene rings is 1. The van der Waals surface area contributed by atoms with Crippen molar-refractivity contribution in [1.82, 2.24) is 20.4 Å². The zero-order valence-corrected chi connectivity index (χ0v) is 17.9. The molecule has 166 valence electrons. The minimum Gasteiger partial charge on any atom is -0.382 e. The monoisotopic (exact) mass is 455 g/mol. The van der Waals surface area contributed by atoms with E-state index in [1.807, 2.05) is 0 Å². The molecule has 0 saturated heterocycles. The van der Waals surface area contributed by atoms with Gasteiger partial charge in [-0.05, 0) is 42.8 Å². The summed E-state index contributed by atoms with van der Waals surface area (Å²) < 4.78 is 5.19. The zero-order valence-electron chi connectivity index (χ0n) is 17.1.